The van der Waals surface area contributed by atoms with Gasteiger partial charge in [0.25, 0.3) is 5.91 Å². The van der Waals surface area contributed by atoms with Gasteiger partial charge in [-0.3, -0.25) is 14.5 Å². The molecule has 31 heavy (non-hydrogen) atoms. The van der Waals surface area contributed by atoms with Crippen LogP contribution in [0.4, 0.5) is 4.79 Å². The summed E-state index contributed by atoms with van der Waals surface area (Å²) in [6.07, 6.45) is 5.25. The number of sulfone groups is 1. The van der Waals surface area contributed by atoms with Crippen molar-refractivity contribution < 1.29 is 22.8 Å². The van der Waals surface area contributed by atoms with Crippen LogP contribution in [0.3, 0.4) is 0 Å². The number of amides is 4. The van der Waals surface area contributed by atoms with Gasteiger partial charge in [0.15, 0.2) is 9.84 Å². The second-order valence-corrected chi connectivity index (χ2v) is 11.4. The fourth-order valence-electron chi connectivity index (χ4n) is 5.83. The lowest BCUT2D eigenvalue weighted by Crippen LogP contribution is -2.52. The van der Waals surface area contributed by atoms with Gasteiger partial charge in [0.1, 0.15) is 12.1 Å². The van der Waals surface area contributed by atoms with Crippen LogP contribution in [0.1, 0.15) is 49.7 Å². The molecule has 2 saturated heterocycles. The van der Waals surface area contributed by atoms with Gasteiger partial charge in [-0.05, 0) is 43.2 Å². The van der Waals surface area contributed by atoms with Crippen molar-refractivity contribution in [2.75, 3.05) is 18.1 Å². The molecule has 1 spiro atoms. The molecule has 166 valence electrons. The summed E-state index contributed by atoms with van der Waals surface area (Å²) in [4.78, 5) is 42.3. The molecule has 8 nitrogen and oxygen atoms in total. The molecule has 0 unspecified atom stereocenters. The number of rotatable bonds is 4. The number of aryl methyl sites for hydroxylation is 1. The Kier molecular flexibility index (Phi) is 4.84. The number of fused-ring (bicyclic) bond motifs is 2. The fourth-order valence-corrected chi connectivity index (χ4v) is 7.54. The van der Waals surface area contributed by atoms with E-state index in [0.29, 0.717) is 19.3 Å². The minimum atomic E-state index is -3.16. The molecule has 1 saturated carbocycles. The van der Waals surface area contributed by atoms with Gasteiger partial charge in [-0.1, -0.05) is 37.1 Å². The number of benzene rings is 1. The number of hydrogen-bond acceptors (Lipinski definition) is 5. The second-order valence-electron chi connectivity index (χ2n) is 9.18. The Morgan fingerprint density at radius 1 is 1.13 bits per heavy atom. The van der Waals surface area contributed by atoms with Crippen LogP contribution in [-0.4, -0.2) is 66.2 Å². The van der Waals surface area contributed by atoms with E-state index in [2.05, 4.69) is 5.32 Å². The van der Waals surface area contributed by atoms with Crippen LogP contribution in [-0.2, 0) is 31.4 Å². The first-order valence-corrected chi connectivity index (χ1v) is 12.9. The Hall–Kier alpha value is -2.42. The number of urea groups is 1. The highest BCUT2D eigenvalue weighted by Crippen LogP contribution is 2.41. The van der Waals surface area contributed by atoms with Crippen molar-refractivity contribution >= 4 is 27.7 Å². The Balaban J connectivity index is 1.39. The largest absolute Gasteiger partial charge is 0.334 e. The first-order chi connectivity index (χ1) is 14.8. The lowest BCUT2D eigenvalue weighted by atomic mass is 9.92. The van der Waals surface area contributed by atoms with E-state index in [1.807, 2.05) is 24.3 Å². The normalized spacial score (nSPS) is 29.5. The molecule has 3 fully saturated rings. The maximum Gasteiger partial charge on any atom is 0.325 e. The summed E-state index contributed by atoms with van der Waals surface area (Å²) in [7, 11) is -3.16. The fraction of sp³-hybridized carbons (Fsp3) is 0.591. The van der Waals surface area contributed by atoms with Gasteiger partial charge in [-0.2, -0.15) is 0 Å². The van der Waals surface area contributed by atoms with Crippen LogP contribution >= 0.6 is 0 Å². The van der Waals surface area contributed by atoms with E-state index in [4.69, 9.17) is 0 Å². The number of nitrogens with zero attached hydrogens (tertiary/aromatic N) is 2. The lowest BCUT2D eigenvalue weighted by molar-refractivity contribution is -0.141. The first kappa shape index (κ1) is 20.5. The molecule has 0 aromatic heterocycles. The van der Waals surface area contributed by atoms with Gasteiger partial charge in [-0.25, -0.2) is 13.2 Å². The summed E-state index contributed by atoms with van der Waals surface area (Å²) in [5, 5.41) is 2.85. The van der Waals surface area contributed by atoms with E-state index in [-0.39, 0.29) is 41.9 Å². The van der Waals surface area contributed by atoms with Crippen molar-refractivity contribution in [1.29, 1.82) is 0 Å². The van der Waals surface area contributed by atoms with Crippen LogP contribution in [0.2, 0.25) is 0 Å². The van der Waals surface area contributed by atoms with E-state index in [1.165, 1.54) is 0 Å². The van der Waals surface area contributed by atoms with E-state index >= 15 is 0 Å². The standard InChI is InChI=1S/C22H27N3O5S/c26-19(25(16-6-2-3-7-16)17-10-12-31(29,30)14-17)13-24-20(27)22(23-21(24)28)11-9-15-5-1-4-8-18(15)22/h1,4-5,8,16-17H,2-3,6-7,9-14H2,(H,23,28)/t17-,22+/m1/s1. The molecule has 9 heteroatoms. The molecule has 1 aromatic rings. The highest BCUT2D eigenvalue weighted by molar-refractivity contribution is 7.91. The smallest absolute Gasteiger partial charge is 0.325 e. The second kappa shape index (κ2) is 7.32. The van der Waals surface area contributed by atoms with Gasteiger partial charge < -0.3 is 10.2 Å². The zero-order chi connectivity index (χ0) is 21.8. The van der Waals surface area contributed by atoms with Gasteiger partial charge in [0, 0.05) is 12.1 Å². The molecular weight excluding hydrogens is 418 g/mol. The summed E-state index contributed by atoms with van der Waals surface area (Å²) < 4.78 is 24.1. The highest BCUT2D eigenvalue weighted by Gasteiger charge is 2.56. The summed E-state index contributed by atoms with van der Waals surface area (Å²) >= 11 is 0. The van der Waals surface area contributed by atoms with E-state index in [9.17, 15) is 22.8 Å². The van der Waals surface area contributed by atoms with Crippen LogP contribution in [0.5, 0.6) is 0 Å². The SMILES string of the molecule is O=C1N[C@]2(CCc3ccccc32)C(=O)N1CC(=O)N(C1CCCC1)[C@@H]1CCS(=O)(=O)C1. The summed E-state index contributed by atoms with van der Waals surface area (Å²) in [6, 6.07) is 6.63. The number of hydrogen-bond donors (Lipinski definition) is 1. The van der Waals surface area contributed by atoms with E-state index in [0.717, 1.165) is 41.7 Å². The average molecular weight is 446 g/mol. The van der Waals surface area contributed by atoms with Gasteiger partial charge in [0.2, 0.25) is 5.91 Å². The molecule has 2 heterocycles. The zero-order valence-corrected chi connectivity index (χ0v) is 18.2. The minimum absolute atomic E-state index is 0.0206. The summed E-state index contributed by atoms with van der Waals surface area (Å²) in [5.41, 5.74) is 0.744. The molecule has 4 aliphatic rings. The summed E-state index contributed by atoms with van der Waals surface area (Å²) in [6.45, 7) is -0.346. The van der Waals surface area contributed by atoms with E-state index in [1.54, 1.807) is 4.90 Å². The van der Waals surface area contributed by atoms with Gasteiger partial charge in [-0.15, -0.1) is 0 Å². The maximum atomic E-state index is 13.4. The predicted octanol–water partition coefficient (Wildman–Crippen LogP) is 1.34. The maximum absolute atomic E-state index is 13.4. The van der Waals surface area contributed by atoms with Crippen LogP contribution in [0.25, 0.3) is 0 Å². The van der Waals surface area contributed by atoms with Gasteiger partial charge >= 0.3 is 6.03 Å². The average Bonchev–Trinajstić information content (AvgIpc) is 3.50. The number of imide groups is 1. The number of carbonyl (C=O) groups excluding carboxylic acids is 3. The zero-order valence-electron chi connectivity index (χ0n) is 17.4. The Morgan fingerprint density at radius 3 is 2.58 bits per heavy atom. The number of nitrogens with one attached hydrogen (secondary N) is 1. The molecular formula is C22H27N3O5S. The van der Waals surface area contributed by atoms with Crippen molar-refractivity contribution in [1.82, 2.24) is 15.1 Å². The Labute approximate surface area is 181 Å². The third kappa shape index (κ3) is 3.33. The Morgan fingerprint density at radius 2 is 1.87 bits per heavy atom. The molecule has 2 aliphatic heterocycles. The van der Waals surface area contributed by atoms with Crippen LogP contribution in [0.15, 0.2) is 24.3 Å². The van der Waals surface area contributed by atoms with Crippen molar-refractivity contribution in [3.63, 3.8) is 0 Å². The third-order valence-corrected chi connectivity index (χ3v) is 9.07. The van der Waals surface area contributed by atoms with Crippen LogP contribution < -0.4 is 5.32 Å². The van der Waals surface area contributed by atoms with Crippen molar-refractivity contribution in [3.8, 4) is 0 Å². The molecule has 0 radical (unpaired) electrons. The summed E-state index contributed by atoms with van der Waals surface area (Å²) in [5.74, 6) is -0.675. The molecule has 1 N–H and O–H groups in total. The topological polar surface area (TPSA) is 104 Å². The highest BCUT2D eigenvalue weighted by atomic mass is 32.2. The van der Waals surface area contributed by atoms with E-state index < -0.39 is 21.4 Å². The molecule has 0 bridgehead atoms. The molecule has 5 rings (SSSR count). The molecule has 1 aromatic carbocycles. The third-order valence-electron chi connectivity index (χ3n) is 7.32. The quantitative estimate of drug-likeness (QED) is 0.705. The van der Waals surface area contributed by atoms with Gasteiger partial charge in [0.05, 0.1) is 11.5 Å². The predicted molar refractivity (Wildman–Crippen MR) is 113 cm³/mol. The molecule has 2 aliphatic carbocycles. The van der Waals surface area contributed by atoms with Crippen molar-refractivity contribution in [3.05, 3.63) is 35.4 Å². The van der Waals surface area contributed by atoms with Crippen molar-refractivity contribution in [2.24, 2.45) is 0 Å². The van der Waals surface area contributed by atoms with Crippen LogP contribution in [0, 0.1) is 0 Å². The number of carbonyl (C=O) groups is 3. The minimum Gasteiger partial charge on any atom is -0.334 e. The first-order valence-electron chi connectivity index (χ1n) is 11.0. The monoisotopic (exact) mass is 445 g/mol. The van der Waals surface area contributed by atoms with Crippen molar-refractivity contribution in [2.45, 2.75) is 62.6 Å². The Bertz CT molecular complexity index is 1050. The molecule has 4 amide bonds. The molecule has 2 atom stereocenters. The lowest BCUT2D eigenvalue weighted by Gasteiger charge is -2.35.